The molecule has 1 aromatic carbocycles. The molecule has 1 saturated carbocycles. The molecule has 1 saturated heterocycles. The van der Waals surface area contributed by atoms with Crippen molar-refractivity contribution in [1.29, 1.82) is 0 Å². The molecule has 2 fully saturated rings. The van der Waals surface area contributed by atoms with Gasteiger partial charge in [0.1, 0.15) is 5.69 Å². The molecule has 24 heavy (non-hydrogen) atoms. The van der Waals surface area contributed by atoms with Gasteiger partial charge in [-0.25, -0.2) is 0 Å². The Morgan fingerprint density at radius 2 is 2.17 bits per heavy atom. The van der Waals surface area contributed by atoms with Gasteiger partial charge in [0.25, 0.3) is 5.91 Å². The summed E-state index contributed by atoms with van der Waals surface area (Å²) in [7, 11) is 0. The highest BCUT2D eigenvalue weighted by Crippen LogP contribution is 2.31. The van der Waals surface area contributed by atoms with Crippen LogP contribution in [0.1, 0.15) is 29.8 Å². The van der Waals surface area contributed by atoms with Gasteiger partial charge in [0.05, 0.1) is 10.7 Å². The van der Waals surface area contributed by atoms with E-state index in [4.69, 9.17) is 11.6 Å². The fraction of sp³-hybridized carbons (Fsp3) is 0.444. The van der Waals surface area contributed by atoms with E-state index in [-0.39, 0.29) is 5.91 Å². The number of likely N-dealkylation sites (tertiary alicyclic amines) is 1. The molecule has 2 aromatic rings. The molecule has 0 spiro atoms. The molecule has 1 amide bonds. The van der Waals surface area contributed by atoms with Crippen molar-refractivity contribution in [3.05, 3.63) is 41.0 Å². The summed E-state index contributed by atoms with van der Waals surface area (Å²) < 4.78 is 0. The predicted octanol–water partition coefficient (Wildman–Crippen LogP) is 2.94. The number of H-pyrrole nitrogens is 1. The van der Waals surface area contributed by atoms with Crippen molar-refractivity contribution in [1.82, 2.24) is 20.4 Å². The lowest BCUT2D eigenvalue weighted by Gasteiger charge is -2.14. The number of nitrogens with zero attached hydrogens (tertiary/aromatic N) is 2. The molecule has 0 radical (unpaired) electrons. The van der Waals surface area contributed by atoms with Crippen LogP contribution in [0.5, 0.6) is 0 Å². The van der Waals surface area contributed by atoms with E-state index >= 15 is 0 Å². The molecule has 6 heteroatoms. The molecule has 1 aliphatic heterocycles. The van der Waals surface area contributed by atoms with Crippen LogP contribution in [0.4, 0.5) is 0 Å². The van der Waals surface area contributed by atoms with E-state index in [1.54, 1.807) is 6.07 Å². The highest BCUT2D eigenvalue weighted by atomic mass is 35.5. The molecule has 1 aliphatic carbocycles. The summed E-state index contributed by atoms with van der Waals surface area (Å²) >= 11 is 6.18. The Bertz CT molecular complexity index is 740. The molecule has 4 rings (SSSR count). The van der Waals surface area contributed by atoms with Gasteiger partial charge in [0.2, 0.25) is 0 Å². The molecule has 2 N–H and O–H groups in total. The number of carbonyl (C=O) groups is 1. The van der Waals surface area contributed by atoms with Gasteiger partial charge in [-0.3, -0.25) is 9.89 Å². The molecule has 0 bridgehead atoms. The number of amides is 1. The average molecular weight is 345 g/mol. The second kappa shape index (κ2) is 6.57. The molecule has 1 aromatic heterocycles. The second-order valence-electron chi connectivity index (χ2n) is 6.74. The van der Waals surface area contributed by atoms with Crippen LogP contribution < -0.4 is 5.32 Å². The van der Waals surface area contributed by atoms with Crippen LogP contribution >= 0.6 is 11.6 Å². The minimum atomic E-state index is -0.106. The molecule has 126 valence electrons. The van der Waals surface area contributed by atoms with E-state index in [9.17, 15) is 4.79 Å². The van der Waals surface area contributed by atoms with Gasteiger partial charge in [0, 0.05) is 24.7 Å². The van der Waals surface area contributed by atoms with Crippen LogP contribution in [0, 0.1) is 5.92 Å². The van der Waals surface area contributed by atoms with Crippen molar-refractivity contribution >= 4 is 17.5 Å². The third-order valence-electron chi connectivity index (χ3n) is 4.90. The van der Waals surface area contributed by atoms with E-state index in [1.807, 2.05) is 24.3 Å². The minimum Gasteiger partial charge on any atom is -0.350 e. The number of hydrogen-bond donors (Lipinski definition) is 2. The Balaban J connectivity index is 1.34. The van der Waals surface area contributed by atoms with Crippen molar-refractivity contribution < 1.29 is 4.79 Å². The highest BCUT2D eigenvalue weighted by molar-refractivity contribution is 6.33. The number of carbonyl (C=O) groups excluding carboxylic acids is 1. The van der Waals surface area contributed by atoms with E-state index in [1.165, 1.54) is 25.8 Å². The number of aromatic amines is 1. The Hall–Kier alpha value is -1.85. The van der Waals surface area contributed by atoms with Crippen molar-refractivity contribution in [3.8, 4) is 11.3 Å². The summed E-state index contributed by atoms with van der Waals surface area (Å²) in [6.45, 7) is 3.01. The van der Waals surface area contributed by atoms with Crippen LogP contribution in [0.25, 0.3) is 11.3 Å². The average Bonchev–Trinajstić information content (AvgIpc) is 3.13. The molecule has 1 unspecified atom stereocenters. The largest absolute Gasteiger partial charge is 0.350 e. The molecule has 1 atom stereocenters. The molecular weight excluding hydrogens is 324 g/mol. The third kappa shape index (κ3) is 3.32. The lowest BCUT2D eigenvalue weighted by Crippen LogP contribution is -2.31. The van der Waals surface area contributed by atoms with Gasteiger partial charge in [-0.05, 0) is 43.9 Å². The van der Waals surface area contributed by atoms with Crippen molar-refractivity contribution in [2.24, 2.45) is 5.92 Å². The van der Waals surface area contributed by atoms with Crippen LogP contribution in [0.15, 0.2) is 30.3 Å². The minimum absolute atomic E-state index is 0.106. The van der Waals surface area contributed by atoms with E-state index in [0.717, 1.165) is 24.7 Å². The fourth-order valence-electron chi connectivity index (χ4n) is 3.38. The first-order valence-corrected chi connectivity index (χ1v) is 8.91. The number of hydrogen-bond acceptors (Lipinski definition) is 3. The van der Waals surface area contributed by atoms with Crippen molar-refractivity contribution in [2.45, 2.75) is 25.3 Å². The summed E-state index contributed by atoms with van der Waals surface area (Å²) in [5.74, 6) is 0.450. The first-order chi connectivity index (χ1) is 11.7. The number of halogens is 1. The molecule has 5 nitrogen and oxygen atoms in total. The quantitative estimate of drug-likeness (QED) is 0.876. The van der Waals surface area contributed by atoms with Gasteiger partial charge in [-0.1, -0.05) is 29.8 Å². The molecule has 2 heterocycles. The Morgan fingerprint density at radius 1 is 1.33 bits per heavy atom. The summed E-state index contributed by atoms with van der Waals surface area (Å²) in [5.41, 5.74) is 1.99. The Morgan fingerprint density at radius 3 is 2.96 bits per heavy atom. The van der Waals surface area contributed by atoms with E-state index < -0.39 is 0 Å². The lowest BCUT2D eigenvalue weighted by molar-refractivity contribution is 0.0942. The predicted molar refractivity (Wildman–Crippen MR) is 94.1 cm³/mol. The normalized spacial score (nSPS) is 21.1. The second-order valence-corrected chi connectivity index (χ2v) is 7.14. The summed E-state index contributed by atoms with van der Waals surface area (Å²) in [6, 6.07) is 10.1. The van der Waals surface area contributed by atoms with Crippen LogP contribution in [0.2, 0.25) is 5.02 Å². The number of nitrogens with one attached hydrogen (secondary N) is 2. The van der Waals surface area contributed by atoms with Gasteiger partial charge < -0.3 is 10.2 Å². The van der Waals surface area contributed by atoms with Crippen LogP contribution in [0.3, 0.4) is 0 Å². The maximum Gasteiger partial charge on any atom is 0.269 e. The Kier molecular flexibility index (Phi) is 4.29. The van der Waals surface area contributed by atoms with Crippen LogP contribution in [-0.4, -0.2) is 46.7 Å². The third-order valence-corrected chi connectivity index (χ3v) is 5.23. The van der Waals surface area contributed by atoms with Gasteiger partial charge in [-0.15, -0.1) is 0 Å². The summed E-state index contributed by atoms with van der Waals surface area (Å²) in [6.07, 6.45) is 3.86. The standard InChI is InChI=1S/C18H21ClN4O/c19-15-4-2-1-3-14(15)16-9-17(22-21-16)18(24)20-10-12-7-8-23(11-12)13-5-6-13/h1-4,9,12-13H,5-8,10-11H2,(H,20,24)(H,21,22). The SMILES string of the molecule is O=C(NCC1CCN(C2CC2)C1)c1cc(-c2ccccc2Cl)n[nH]1. The highest BCUT2D eigenvalue weighted by Gasteiger charge is 2.34. The monoisotopic (exact) mass is 344 g/mol. The van der Waals surface area contributed by atoms with Gasteiger partial charge in [0.15, 0.2) is 0 Å². The topological polar surface area (TPSA) is 61.0 Å². The zero-order chi connectivity index (χ0) is 16.5. The van der Waals surface area contributed by atoms with Gasteiger partial charge >= 0.3 is 0 Å². The lowest BCUT2D eigenvalue weighted by atomic mass is 10.1. The summed E-state index contributed by atoms with van der Waals surface area (Å²) in [5, 5.41) is 10.7. The first-order valence-electron chi connectivity index (χ1n) is 8.53. The fourth-order valence-corrected chi connectivity index (χ4v) is 3.61. The Labute approximate surface area is 146 Å². The number of rotatable bonds is 5. The smallest absolute Gasteiger partial charge is 0.269 e. The number of benzene rings is 1. The first kappa shape index (κ1) is 15.7. The van der Waals surface area contributed by atoms with Crippen molar-refractivity contribution in [2.75, 3.05) is 19.6 Å². The molecular formula is C18H21ClN4O. The van der Waals surface area contributed by atoms with E-state index in [2.05, 4.69) is 20.4 Å². The van der Waals surface area contributed by atoms with Crippen LogP contribution in [-0.2, 0) is 0 Å². The maximum atomic E-state index is 12.3. The zero-order valence-electron chi connectivity index (χ0n) is 13.5. The number of aromatic nitrogens is 2. The van der Waals surface area contributed by atoms with Gasteiger partial charge in [-0.2, -0.15) is 5.10 Å². The molecule has 2 aliphatic rings. The summed E-state index contributed by atoms with van der Waals surface area (Å²) in [4.78, 5) is 14.9. The van der Waals surface area contributed by atoms with E-state index in [0.29, 0.717) is 22.3 Å². The zero-order valence-corrected chi connectivity index (χ0v) is 14.2. The van der Waals surface area contributed by atoms with Crippen molar-refractivity contribution in [3.63, 3.8) is 0 Å². The maximum absolute atomic E-state index is 12.3.